The molecule has 1 heterocycles. The third-order valence-corrected chi connectivity index (χ3v) is 5.24. The molecule has 0 amide bonds. The molecule has 0 atom stereocenters. The van der Waals surface area contributed by atoms with E-state index in [9.17, 15) is 0 Å². The number of hydrogen-bond acceptors (Lipinski definition) is 0. The predicted molar refractivity (Wildman–Crippen MR) is 99.2 cm³/mol. The minimum absolute atomic E-state index is 1.02. The van der Waals surface area contributed by atoms with E-state index in [1.807, 2.05) is 0 Å². The topological polar surface area (TPSA) is 4.93 Å². The highest BCUT2D eigenvalue weighted by Gasteiger charge is 2.21. The second-order valence-corrected chi connectivity index (χ2v) is 6.94. The summed E-state index contributed by atoms with van der Waals surface area (Å²) in [6.45, 7) is 0. The second-order valence-electron chi connectivity index (χ2n) is 6.02. The molecule has 5 rings (SSSR count). The zero-order valence-electron chi connectivity index (χ0n) is 12.5. The van der Waals surface area contributed by atoms with Crippen molar-refractivity contribution in [1.29, 1.82) is 0 Å². The van der Waals surface area contributed by atoms with Crippen LogP contribution in [0.1, 0.15) is 11.1 Å². The van der Waals surface area contributed by atoms with Crippen LogP contribution in [0.4, 0.5) is 0 Å². The first-order valence-electron chi connectivity index (χ1n) is 7.78. The van der Waals surface area contributed by atoms with Crippen LogP contribution in [0, 0.1) is 0 Å². The van der Waals surface area contributed by atoms with Crippen molar-refractivity contribution in [2.24, 2.45) is 0 Å². The summed E-state index contributed by atoms with van der Waals surface area (Å²) in [6, 6.07) is 23.9. The first-order valence-corrected chi connectivity index (χ1v) is 8.58. The zero-order valence-corrected chi connectivity index (χ0v) is 14.0. The van der Waals surface area contributed by atoms with Gasteiger partial charge in [0.1, 0.15) is 0 Å². The Balaban J connectivity index is 1.75. The third-order valence-electron chi connectivity index (χ3n) is 4.75. The summed E-state index contributed by atoms with van der Waals surface area (Å²) < 4.78 is 3.42. The molecule has 110 valence electrons. The lowest BCUT2D eigenvalue weighted by atomic mass is 10.0. The highest BCUT2D eigenvalue weighted by Crippen LogP contribution is 2.42. The van der Waals surface area contributed by atoms with Crippen molar-refractivity contribution in [3.63, 3.8) is 0 Å². The maximum absolute atomic E-state index is 3.60. The van der Waals surface area contributed by atoms with Crippen molar-refractivity contribution in [3.05, 3.63) is 88.5 Å². The van der Waals surface area contributed by atoms with Gasteiger partial charge >= 0.3 is 0 Å². The molecule has 1 aliphatic rings. The Labute approximate surface area is 143 Å². The van der Waals surface area contributed by atoms with E-state index in [2.05, 4.69) is 93.4 Å². The smallest absolute Gasteiger partial charge is 0.0531 e. The fourth-order valence-corrected chi connectivity index (χ4v) is 4.04. The van der Waals surface area contributed by atoms with Gasteiger partial charge in [0, 0.05) is 21.7 Å². The monoisotopic (exact) mass is 359 g/mol. The summed E-state index contributed by atoms with van der Waals surface area (Å²) in [5, 5.41) is 1.36. The lowest BCUT2D eigenvalue weighted by Crippen LogP contribution is -1.91. The molecular weight excluding hydrogens is 346 g/mol. The number of para-hydroxylation sites is 1. The van der Waals surface area contributed by atoms with Crippen LogP contribution in [0.5, 0.6) is 0 Å². The largest absolute Gasteiger partial charge is 0.317 e. The van der Waals surface area contributed by atoms with E-state index in [0.717, 1.165) is 10.9 Å². The molecule has 1 nitrogen and oxygen atoms in total. The van der Waals surface area contributed by atoms with Gasteiger partial charge in [-0.3, -0.25) is 0 Å². The molecule has 4 aromatic rings. The second kappa shape index (κ2) is 4.84. The summed E-state index contributed by atoms with van der Waals surface area (Å²) in [6.07, 6.45) is 3.20. The van der Waals surface area contributed by atoms with Gasteiger partial charge in [0.25, 0.3) is 0 Å². The van der Waals surface area contributed by atoms with Crippen molar-refractivity contribution < 1.29 is 0 Å². The number of benzene rings is 3. The molecular formula is C21H14BrN. The zero-order chi connectivity index (χ0) is 15.4. The van der Waals surface area contributed by atoms with E-state index in [1.165, 1.54) is 38.8 Å². The molecule has 2 heteroatoms. The van der Waals surface area contributed by atoms with Gasteiger partial charge < -0.3 is 4.57 Å². The first kappa shape index (κ1) is 13.1. The van der Waals surface area contributed by atoms with Crippen LogP contribution in [0.2, 0.25) is 0 Å². The Hall–Kier alpha value is -2.32. The third kappa shape index (κ3) is 1.91. The molecule has 0 saturated carbocycles. The number of fused-ring (bicyclic) bond motifs is 5. The van der Waals surface area contributed by atoms with Gasteiger partial charge in [-0.1, -0.05) is 46.3 Å². The Morgan fingerprint density at radius 3 is 2.57 bits per heavy atom. The summed E-state index contributed by atoms with van der Waals surface area (Å²) in [5.41, 5.74) is 8.10. The van der Waals surface area contributed by atoms with Crippen LogP contribution in [0.3, 0.4) is 0 Å². The van der Waals surface area contributed by atoms with Crippen molar-refractivity contribution in [1.82, 2.24) is 4.57 Å². The Morgan fingerprint density at radius 1 is 0.826 bits per heavy atom. The Morgan fingerprint density at radius 2 is 1.70 bits per heavy atom. The van der Waals surface area contributed by atoms with E-state index in [1.54, 1.807) is 0 Å². The molecule has 0 radical (unpaired) electrons. The van der Waals surface area contributed by atoms with Gasteiger partial charge in [0.05, 0.1) is 5.52 Å². The number of nitrogens with zero attached hydrogens (tertiary/aromatic N) is 1. The number of halogens is 1. The molecule has 0 unspecified atom stereocenters. The molecule has 1 aliphatic carbocycles. The summed E-state index contributed by atoms with van der Waals surface area (Å²) in [7, 11) is 0. The highest BCUT2D eigenvalue weighted by atomic mass is 79.9. The molecule has 23 heavy (non-hydrogen) atoms. The van der Waals surface area contributed by atoms with E-state index in [-0.39, 0.29) is 0 Å². The van der Waals surface area contributed by atoms with Gasteiger partial charge in [0.2, 0.25) is 0 Å². The van der Waals surface area contributed by atoms with Crippen LogP contribution in [-0.2, 0) is 6.42 Å². The van der Waals surface area contributed by atoms with Crippen LogP contribution >= 0.6 is 15.9 Å². The molecule has 1 aromatic heterocycles. The predicted octanol–water partition coefficient (Wildman–Crippen LogP) is 5.96. The molecule has 0 aliphatic heterocycles. The van der Waals surface area contributed by atoms with Gasteiger partial charge in [-0.05, 0) is 65.1 Å². The van der Waals surface area contributed by atoms with Crippen molar-refractivity contribution in [3.8, 4) is 16.8 Å². The van der Waals surface area contributed by atoms with Crippen molar-refractivity contribution >= 4 is 26.8 Å². The Kier molecular flexibility index (Phi) is 2.77. The molecule has 0 fully saturated rings. The maximum atomic E-state index is 3.60. The number of rotatable bonds is 1. The molecule has 0 saturated heterocycles. The fraction of sp³-hybridized carbons (Fsp3) is 0.0476. The summed E-state index contributed by atoms with van der Waals surface area (Å²) in [4.78, 5) is 0. The first-order chi connectivity index (χ1) is 11.3. The van der Waals surface area contributed by atoms with Crippen molar-refractivity contribution in [2.75, 3.05) is 0 Å². The normalized spacial score (nSPS) is 12.4. The molecule has 0 bridgehead atoms. The van der Waals surface area contributed by atoms with Crippen LogP contribution < -0.4 is 0 Å². The lowest BCUT2D eigenvalue weighted by molar-refractivity contribution is 1.13. The maximum Gasteiger partial charge on any atom is 0.0531 e. The van der Waals surface area contributed by atoms with E-state index in [4.69, 9.17) is 0 Å². The van der Waals surface area contributed by atoms with E-state index < -0.39 is 0 Å². The van der Waals surface area contributed by atoms with Crippen LogP contribution in [0.25, 0.3) is 27.7 Å². The highest BCUT2D eigenvalue weighted by molar-refractivity contribution is 9.10. The number of hydrogen-bond donors (Lipinski definition) is 0. The van der Waals surface area contributed by atoms with E-state index >= 15 is 0 Å². The average Bonchev–Trinajstić information content (AvgIpc) is 3.16. The van der Waals surface area contributed by atoms with Gasteiger partial charge in [-0.2, -0.15) is 0 Å². The van der Waals surface area contributed by atoms with E-state index in [0.29, 0.717) is 0 Å². The van der Waals surface area contributed by atoms with Crippen LogP contribution in [-0.4, -0.2) is 4.57 Å². The van der Waals surface area contributed by atoms with Gasteiger partial charge in [0.15, 0.2) is 0 Å². The molecule has 0 N–H and O–H groups in total. The SMILES string of the molecule is Brc1ccc2c(c1)-c1ccc3c(ccn3-c3ccccc3)c1C2. The summed E-state index contributed by atoms with van der Waals surface area (Å²) in [5.74, 6) is 0. The summed E-state index contributed by atoms with van der Waals surface area (Å²) >= 11 is 3.60. The van der Waals surface area contributed by atoms with Gasteiger partial charge in [-0.15, -0.1) is 0 Å². The lowest BCUT2D eigenvalue weighted by Gasteiger charge is -2.07. The van der Waals surface area contributed by atoms with Gasteiger partial charge in [-0.25, -0.2) is 0 Å². The molecule has 0 spiro atoms. The van der Waals surface area contributed by atoms with Crippen molar-refractivity contribution in [2.45, 2.75) is 6.42 Å². The fourth-order valence-electron chi connectivity index (χ4n) is 3.68. The quantitative estimate of drug-likeness (QED) is 0.347. The van der Waals surface area contributed by atoms with Crippen LogP contribution in [0.15, 0.2) is 77.4 Å². The minimum Gasteiger partial charge on any atom is -0.317 e. The average molecular weight is 360 g/mol. The molecule has 3 aromatic carbocycles. The standard InChI is InChI=1S/C21H14BrN/c22-15-7-6-14-12-20-17(19(14)13-15)8-9-21-18(20)10-11-23(21)16-4-2-1-3-5-16/h1-11,13H,12H2. The number of aromatic nitrogens is 1. The Bertz CT molecular complexity index is 1040. The minimum atomic E-state index is 1.02.